The average Bonchev–Trinajstić information content (AvgIpc) is 3.34. The molecule has 0 aliphatic heterocycles. The lowest BCUT2D eigenvalue weighted by Crippen LogP contribution is -1.99. The van der Waals surface area contributed by atoms with Crippen LogP contribution in [-0.4, -0.2) is 24.7 Å². The van der Waals surface area contributed by atoms with E-state index in [1.54, 1.807) is 6.33 Å². The van der Waals surface area contributed by atoms with Crippen LogP contribution in [0.4, 0.5) is 0 Å². The van der Waals surface area contributed by atoms with Gasteiger partial charge in [-0.1, -0.05) is 23.4 Å². The van der Waals surface area contributed by atoms with Crippen LogP contribution >= 0.6 is 0 Å². The minimum Gasteiger partial charge on any atom is -0.361 e. The van der Waals surface area contributed by atoms with Crippen LogP contribution in [0.2, 0.25) is 0 Å². The van der Waals surface area contributed by atoms with Gasteiger partial charge in [0.15, 0.2) is 5.82 Å². The molecular weight excluding hydrogens is 302 g/mol. The second-order valence-electron chi connectivity index (χ2n) is 5.66. The van der Waals surface area contributed by atoms with Crippen molar-refractivity contribution in [3.8, 4) is 11.5 Å². The van der Waals surface area contributed by atoms with Crippen LogP contribution in [-0.2, 0) is 6.54 Å². The third-order valence-electron chi connectivity index (χ3n) is 4.11. The van der Waals surface area contributed by atoms with E-state index in [4.69, 9.17) is 4.52 Å². The molecule has 5 rings (SSSR count). The van der Waals surface area contributed by atoms with Crippen LogP contribution in [0.3, 0.4) is 0 Å². The number of nitrogens with zero attached hydrogens (tertiary/aromatic N) is 4. The molecule has 0 radical (unpaired) electrons. The van der Waals surface area contributed by atoms with Gasteiger partial charge in [-0.2, -0.15) is 4.98 Å². The highest BCUT2D eigenvalue weighted by Crippen LogP contribution is 2.23. The molecule has 0 atom stereocenters. The van der Waals surface area contributed by atoms with Crippen molar-refractivity contribution in [1.29, 1.82) is 0 Å². The van der Waals surface area contributed by atoms with E-state index < -0.39 is 0 Å². The third-order valence-corrected chi connectivity index (χ3v) is 4.11. The topological polar surface area (TPSA) is 72.5 Å². The largest absolute Gasteiger partial charge is 0.361 e. The molecule has 3 heterocycles. The Morgan fingerprint density at radius 1 is 1.08 bits per heavy atom. The number of nitrogens with one attached hydrogen (secondary N) is 1. The monoisotopic (exact) mass is 315 g/mol. The molecule has 24 heavy (non-hydrogen) atoms. The van der Waals surface area contributed by atoms with E-state index in [9.17, 15) is 0 Å². The van der Waals surface area contributed by atoms with Crippen molar-refractivity contribution in [3.63, 3.8) is 0 Å². The summed E-state index contributed by atoms with van der Waals surface area (Å²) in [4.78, 5) is 12.1. The van der Waals surface area contributed by atoms with Gasteiger partial charge >= 0.3 is 0 Å². The van der Waals surface area contributed by atoms with Gasteiger partial charge in [0.05, 0.1) is 23.9 Å². The zero-order valence-electron chi connectivity index (χ0n) is 12.7. The number of aromatic amines is 1. The molecule has 6 heteroatoms. The van der Waals surface area contributed by atoms with Gasteiger partial charge in [0.25, 0.3) is 5.89 Å². The summed E-state index contributed by atoms with van der Waals surface area (Å²) in [5.41, 5.74) is 3.96. The smallest absolute Gasteiger partial charge is 0.258 e. The Morgan fingerprint density at radius 2 is 2.04 bits per heavy atom. The Hall–Kier alpha value is -3.41. The highest BCUT2D eigenvalue weighted by molar-refractivity contribution is 5.83. The van der Waals surface area contributed by atoms with Crippen LogP contribution in [0.15, 0.2) is 65.6 Å². The Bertz CT molecular complexity index is 1150. The third kappa shape index (κ3) is 2.08. The first kappa shape index (κ1) is 13.1. The van der Waals surface area contributed by atoms with Crippen molar-refractivity contribution in [2.75, 3.05) is 0 Å². The minimum absolute atomic E-state index is 0.519. The second kappa shape index (κ2) is 5.06. The van der Waals surface area contributed by atoms with Gasteiger partial charge in [-0.15, -0.1) is 0 Å². The lowest BCUT2D eigenvalue weighted by Gasteiger charge is -1.99. The van der Waals surface area contributed by atoms with Crippen molar-refractivity contribution < 1.29 is 4.52 Å². The number of imidazole rings is 1. The molecule has 0 amide bonds. The standard InChI is InChI=1S/C18H13N5O/c1-2-4-16-14(3-1)20-11-23(16)10-17-21-18(24-22-17)13-6-5-12-7-8-19-15(12)9-13/h1-9,11,19H,10H2. The van der Waals surface area contributed by atoms with Gasteiger partial charge in [0, 0.05) is 17.3 Å². The van der Waals surface area contributed by atoms with Gasteiger partial charge in [-0.05, 0) is 35.7 Å². The normalized spacial score (nSPS) is 11.5. The molecule has 0 saturated heterocycles. The predicted octanol–water partition coefficient (Wildman–Crippen LogP) is 3.62. The van der Waals surface area contributed by atoms with Crippen molar-refractivity contribution >= 4 is 21.9 Å². The summed E-state index contributed by atoms with van der Waals surface area (Å²) in [5.74, 6) is 1.14. The molecule has 0 bridgehead atoms. The summed E-state index contributed by atoms with van der Waals surface area (Å²) >= 11 is 0. The molecule has 116 valence electrons. The number of hydrogen-bond donors (Lipinski definition) is 1. The highest BCUT2D eigenvalue weighted by Gasteiger charge is 2.11. The molecule has 0 unspecified atom stereocenters. The summed E-state index contributed by atoms with van der Waals surface area (Å²) in [6.45, 7) is 0.523. The molecule has 1 N–H and O–H groups in total. The van der Waals surface area contributed by atoms with Crippen molar-refractivity contribution in [2.24, 2.45) is 0 Å². The summed E-state index contributed by atoms with van der Waals surface area (Å²) < 4.78 is 7.44. The molecular formula is C18H13N5O. The van der Waals surface area contributed by atoms with E-state index >= 15 is 0 Å². The summed E-state index contributed by atoms with van der Waals surface area (Å²) in [7, 11) is 0. The van der Waals surface area contributed by atoms with E-state index in [1.807, 2.05) is 59.3 Å². The summed E-state index contributed by atoms with van der Waals surface area (Å²) in [6.07, 6.45) is 3.71. The lowest BCUT2D eigenvalue weighted by atomic mass is 10.1. The molecule has 5 aromatic rings. The Balaban J connectivity index is 1.48. The van der Waals surface area contributed by atoms with Crippen LogP contribution < -0.4 is 0 Å². The second-order valence-corrected chi connectivity index (χ2v) is 5.66. The number of fused-ring (bicyclic) bond motifs is 2. The van der Waals surface area contributed by atoms with E-state index in [-0.39, 0.29) is 0 Å². The van der Waals surface area contributed by atoms with Gasteiger partial charge in [0.2, 0.25) is 0 Å². The maximum atomic E-state index is 5.43. The number of rotatable bonds is 3. The zero-order chi connectivity index (χ0) is 15.9. The molecule has 0 fully saturated rings. The first-order chi connectivity index (χ1) is 11.9. The van der Waals surface area contributed by atoms with Crippen LogP contribution in [0.5, 0.6) is 0 Å². The van der Waals surface area contributed by atoms with Gasteiger partial charge in [-0.25, -0.2) is 4.98 Å². The van der Waals surface area contributed by atoms with Crippen molar-refractivity contribution in [2.45, 2.75) is 6.54 Å². The van der Waals surface area contributed by atoms with Gasteiger partial charge in [-0.3, -0.25) is 0 Å². The molecule has 0 saturated carbocycles. The lowest BCUT2D eigenvalue weighted by molar-refractivity contribution is 0.421. The quantitative estimate of drug-likeness (QED) is 0.552. The Labute approximate surface area is 136 Å². The number of H-pyrrole nitrogens is 1. The van der Waals surface area contributed by atoms with E-state index in [2.05, 4.69) is 20.1 Å². The van der Waals surface area contributed by atoms with Crippen LogP contribution in [0.25, 0.3) is 33.4 Å². The van der Waals surface area contributed by atoms with E-state index in [0.717, 1.165) is 27.5 Å². The Morgan fingerprint density at radius 3 is 3.04 bits per heavy atom. The highest BCUT2D eigenvalue weighted by atomic mass is 16.5. The molecule has 0 aliphatic rings. The number of aromatic nitrogens is 5. The van der Waals surface area contributed by atoms with Crippen LogP contribution in [0, 0.1) is 0 Å². The van der Waals surface area contributed by atoms with E-state index in [0.29, 0.717) is 18.3 Å². The predicted molar refractivity (Wildman–Crippen MR) is 90.4 cm³/mol. The zero-order valence-corrected chi connectivity index (χ0v) is 12.7. The summed E-state index contributed by atoms with van der Waals surface area (Å²) in [5, 5.41) is 5.25. The van der Waals surface area contributed by atoms with Crippen molar-refractivity contribution in [1.82, 2.24) is 24.7 Å². The first-order valence-electron chi connectivity index (χ1n) is 7.67. The first-order valence-corrected chi connectivity index (χ1v) is 7.67. The molecule has 2 aromatic carbocycles. The van der Waals surface area contributed by atoms with Gasteiger partial charge in [0.1, 0.15) is 0 Å². The molecule has 0 aliphatic carbocycles. The minimum atomic E-state index is 0.519. The molecule has 3 aromatic heterocycles. The Kier molecular flexibility index (Phi) is 2.75. The molecule has 6 nitrogen and oxygen atoms in total. The fourth-order valence-corrected chi connectivity index (χ4v) is 2.90. The molecule has 0 spiro atoms. The van der Waals surface area contributed by atoms with Crippen molar-refractivity contribution in [3.05, 3.63) is 66.9 Å². The number of benzene rings is 2. The van der Waals surface area contributed by atoms with Crippen LogP contribution in [0.1, 0.15) is 5.82 Å². The fraction of sp³-hybridized carbons (Fsp3) is 0.0556. The maximum absolute atomic E-state index is 5.43. The van der Waals surface area contributed by atoms with E-state index in [1.165, 1.54) is 0 Å². The number of hydrogen-bond acceptors (Lipinski definition) is 4. The summed E-state index contributed by atoms with van der Waals surface area (Å²) in [6, 6.07) is 16.1. The average molecular weight is 315 g/mol. The SMILES string of the molecule is c1ccc2c(c1)ncn2Cc1noc(-c2ccc3cc[nH]c3c2)n1. The number of para-hydroxylation sites is 2. The fourth-order valence-electron chi connectivity index (χ4n) is 2.90. The van der Waals surface area contributed by atoms with Gasteiger partial charge < -0.3 is 14.1 Å². The maximum Gasteiger partial charge on any atom is 0.258 e.